The van der Waals surface area contributed by atoms with Crippen LogP contribution in [0.25, 0.3) is 0 Å². The number of amides is 2. The van der Waals surface area contributed by atoms with Crippen LogP contribution in [0.1, 0.15) is 6.42 Å². The molecule has 0 aromatic heterocycles. The molecule has 0 spiro atoms. The second-order valence-electron chi connectivity index (χ2n) is 2.80. The van der Waals surface area contributed by atoms with Crippen molar-refractivity contribution in [3.05, 3.63) is 0 Å². The number of nitrogens with zero attached hydrogens (tertiary/aromatic N) is 1. The average molecular weight is 191 g/mol. The highest BCUT2D eigenvalue weighted by Gasteiger charge is 2.29. The van der Waals surface area contributed by atoms with E-state index in [4.69, 9.17) is 11.6 Å². The van der Waals surface area contributed by atoms with E-state index in [0.29, 0.717) is 13.0 Å². The van der Waals surface area contributed by atoms with E-state index in [1.165, 1.54) is 0 Å². The van der Waals surface area contributed by atoms with E-state index in [-0.39, 0.29) is 23.7 Å². The van der Waals surface area contributed by atoms with Gasteiger partial charge in [-0.15, -0.1) is 11.6 Å². The first-order chi connectivity index (χ1) is 5.65. The van der Waals surface area contributed by atoms with Gasteiger partial charge in [0.15, 0.2) is 0 Å². The van der Waals surface area contributed by atoms with Gasteiger partial charge in [-0.3, -0.25) is 9.59 Å². The Morgan fingerprint density at radius 1 is 1.83 bits per heavy atom. The maximum absolute atomic E-state index is 11.2. The summed E-state index contributed by atoms with van der Waals surface area (Å²) in [6.07, 6.45) is 0.679. The van der Waals surface area contributed by atoms with Crippen molar-refractivity contribution in [3.63, 3.8) is 0 Å². The van der Waals surface area contributed by atoms with Crippen LogP contribution in [0.15, 0.2) is 0 Å². The molecule has 1 aliphatic rings. The molecule has 2 amide bonds. The number of alkyl halides is 1. The number of hydrogen-bond donors (Lipinski definition) is 1. The normalized spacial score (nSPS) is 23.0. The molecular formula is C7H11ClN2O2. The Balaban J connectivity index is 2.44. The van der Waals surface area contributed by atoms with Crippen LogP contribution >= 0.6 is 11.6 Å². The van der Waals surface area contributed by atoms with Crippen molar-refractivity contribution < 1.29 is 9.59 Å². The largest absolute Gasteiger partial charge is 0.344 e. The fraction of sp³-hybridized carbons (Fsp3) is 0.714. The van der Waals surface area contributed by atoms with Gasteiger partial charge < -0.3 is 10.2 Å². The molecule has 0 aromatic carbocycles. The highest BCUT2D eigenvalue weighted by atomic mass is 35.5. The van der Waals surface area contributed by atoms with Crippen molar-refractivity contribution in [1.29, 1.82) is 0 Å². The first kappa shape index (κ1) is 9.32. The van der Waals surface area contributed by atoms with Crippen molar-refractivity contribution >= 4 is 23.4 Å². The Hall–Kier alpha value is -0.770. The molecular weight excluding hydrogens is 180 g/mol. The van der Waals surface area contributed by atoms with Gasteiger partial charge in [-0.1, -0.05) is 0 Å². The molecule has 1 fully saturated rings. The number of halogens is 1. The monoisotopic (exact) mass is 190 g/mol. The van der Waals surface area contributed by atoms with Crippen LogP contribution in [-0.2, 0) is 9.59 Å². The summed E-state index contributed by atoms with van der Waals surface area (Å²) in [6.45, 7) is 0.700. The molecule has 1 heterocycles. The van der Waals surface area contributed by atoms with Crippen LogP contribution in [0.4, 0.5) is 0 Å². The Kier molecular flexibility index (Phi) is 2.92. The molecule has 0 radical (unpaired) electrons. The van der Waals surface area contributed by atoms with Gasteiger partial charge in [0.1, 0.15) is 11.9 Å². The molecule has 1 unspecified atom stereocenters. The number of rotatable bonds is 2. The van der Waals surface area contributed by atoms with Gasteiger partial charge in [0, 0.05) is 13.6 Å². The van der Waals surface area contributed by atoms with Crippen LogP contribution in [0.3, 0.4) is 0 Å². The molecule has 0 aromatic rings. The van der Waals surface area contributed by atoms with Crippen LogP contribution in [0.5, 0.6) is 0 Å². The van der Waals surface area contributed by atoms with Crippen molar-refractivity contribution in [2.24, 2.45) is 0 Å². The zero-order valence-electron chi connectivity index (χ0n) is 6.84. The lowest BCUT2D eigenvalue weighted by molar-refractivity contribution is -0.131. The first-order valence-electron chi connectivity index (χ1n) is 3.75. The summed E-state index contributed by atoms with van der Waals surface area (Å²) in [7, 11) is 1.72. The summed E-state index contributed by atoms with van der Waals surface area (Å²) in [5, 5.41) is 2.55. The molecule has 12 heavy (non-hydrogen) atoms. The van der Waals surface area contributed by atoms with Crippen molar-refractivity contribution in [1.82, 2.24) is 10.2 Å². The third-order valence-electron chi connectivity index (χ3n) is 1.88. The van der Waals surface area contributed by atoms with Crippen molar-refractivity contribution in [2.75, 3.05) is 19.5 Å². The van der Waals surface area contributed by atoms with Gasteiger partial charge in [0.2, 0.25) is 11.8 Å². The second-order valence-corrected chi connectivity index (χ2v) is 3.07. The lowest BCUT2D eigenvalue weighted by Crippen LogP contribution is -2.41. The van der Waals surface area contributed by atoms with E-state index in [2.05, 4.69) is 5.32 Å². The van der Waals surface area contributed by atoms with Gasteiger partial charge in [0.05, 0.1) is 0 Å². The molecule has 1 rings (SSSR count). The molecule has 1 aliphatic heterocycles. The first-order valence-corrected chi connectivity index (χ1v) is 4.29. The zero-order chi connectivity index (χ0) is 9.14. The Bertz CT molecular complexity index is 208. The maximum Gasteiger partial charge on any atom is 0.244 e. The topological polar surface area (TPSA) is 49.4 Å². The number of hydrogen-bond acceptors (Lipinski definition) is 2. The quantitative estimate of drug-likeness (QED) is 0.601. The van der Waals surface area contributed by atoms with Crippen LogP contribution in [0.2, 0.25) is 0 Å². The molecule has 68 valence electrons. The zero-order valence-corrected chi connectivity index (χ0v) is 7.60. The predicted octanol–water partition coefficient (Wildman–Crippen LogP) is -0.428. The third-order valence-corrected chi connectivity index (χ3v) is 2.13. The van der Waals surface area contributed by atoms with Gasteiger partial charge in [-0.2, -0.15) is 0 Å². The lowest BCUT2D eigenvalue weighted by Gasteiger charge is -2.10. The third kappa shape index (κ3) is 1.88. The van der Waals surface area contributed by atoms with E-state index >= 15 is 0 Å². The number of carbonyl (C=O) groups excluding carboxylic acids is 2. The smallest absolute Gasteiger partial charge is 0.244 e. The summed E-state index contributed by atoms with van der Waals surface area (Å²) < 4.78 is 0. The molecule has 1 saturated heterocycles. The Morgan fingerprint density at radius 3 is 2.92 bits per heavy atom. The van der Waals surface area contributed by atoms with Gasteiger partial charge in [-0.25, -0.2) is 0 Å². The van der Waals surface area contributed by atoms with Gasteiger partial charge >= 0.3 is 0 Å². The minimum atomic E-state index is -0.360. The van der Waals surface area contributed by atoms with E-state index in [1.807, 2.05) is 0 Å². The average Bonchev–Trinajstić information content (AvgIpc) is 2.36. The molecule has 0 saturated carbocycles. The Morgan fingerprint density at radius 2 is 2.50 bits per heavy atom. The maximum atomic E-state index is 11.2. The summed E-state index contributed by atoms with van der Waals surface area (Å²) in [5.41, 5.74) is 0. The summed E-state index contributed by atoms with van der Waals surface area (Å²) in [6, 6.07) is -0.360. The summed E-state index contributed by atoms with van der Waals surface area (Å²) in [5.74, 6) is -0.410. The van der Waals surface area contributed by atoms with Gasteiger partial charge in [-0.05, 0) is 6.42 Å². The predicted molar refractivity (Wildman–Crippen MR) is 44.9 cm³/mol. The van der Waals surface area contributed by atoms with Crippen molar-refractivity contribution in [3.8, 4) is 0 Å². The number of carbonyl (C=O) groups is 2. The van der Waals surface area contributed by atoms with Crippen molar-refractivity contribution in [2.45, 2.75) is 12.5 Å². The standard InChI is InChI=1S/C7H11ClN2O2/c1-10-3-2-5(7(10)12)9-6(11)4-8/h5H,2-4H2,1H3,(H,9,11). The fourth-order valence-corrected chi connectivity index (χ4v) is 1.27. The second kappa shape index (κ2) is 3.76. The number of likely N-dealkylation sites (tertiary alicyclic amines) is 1. The van der Waals surface area contributed by atoms with Gasteiger partial charge in [0.25, 0.3) is 0 Å². The van der Waals surface area contributed by atoms with E-state index < -0.39 is 0 Å². The van der Waals surface area contributed by atoms with Crippen LogP contribution in [-0.4, -0.2) is 42.2 Å². The lowest BCUT2D eigenvalue weighted by atomic mass is 10.2. The minimum Gasteiger partial charge on any atom is -0.344 e. The van der Waals surface area contributed by atoms with Crippen LogP contribution < -0.4 is 5.32 Å². The SMILES string of the molecule is CN1CCC(NC(=O)CCl)C1=O. The van der Waals surface area contributed by atoms with E-state index in [1.54, 1.807) is 11.9 Å². The Labute approximate surface area is 75.9 Å². The minimum absolute atomic E-state index is 0.0338. The molecule has 1 atom stereocenters. The highest BCUT2D eigenvalue weighted by molar-refractivity contribution is 6.27. The fourth-order valence-electron chi connectivity index (χ4n) is 1.19. The van der Waals surface area contributed by atoms with E-state index in [9.17, 15) is 9.59 Å². The van der Waals surface area contributed by atoms with Crippen LogP contribution in [0, 0.1) is 0 Å². The summed E-state index contributed by atoms with van der Waals surface area (Å²) >= 11 is 5.28. The highest BCUT2D eigenvalue weighted by Crippen LogP contribution is 2.07. The molecule has 5 heteroatoms. The molecule has 0 bridgehead atoms. The number of nitrogens with one attached hydrogen (secondary N) is 1. The molecule has 0 aliphatic carbocycles. The van der Waals surface area contributed by atoms with E-state index in [0.717, 1.165) is 0 Å². The summed E-state index contributed by atoms with van der Waals surface area (Å²) in [4.78, 5) is 23.6. The molecule has 1 N–H and O–H groups in total. The number of likely N-dealkylation sites (N-methyl/N-ethyl adjacent to an activating group) is 1. The molecule has 4 nitrogen and oxygen atoms in total.